The van der Waals surface area contributed by atoms with Gasteiger partial charge in [0, 0.05) is 13.6 Å². The number of urea groups is 1. The molecule has 0 aliphatic heterocycles. The number of nitrogens with one attached hydrogen (secondary N) is 1. The molecule has 0 spiro atoms. The summed E-state index contributed by atoms with van der Waals surface area (Å²) in [6.07, 6.45) is 0. The van der Waals surface area contributed by atoms with Crippen LogP contribution in [0.3, 0.4) is 0 Å². The van der Waals surface area contributed by atoms with Crippen LogP contribution in [0.25, 0.3) is 0 Å². The van der Waals surface area contributed by atoms with Crippen LogP contribution in [-0.2, 0) is 6.54 Å². The second-order valence-corrected chi connectivity index (χ2v) is 5.51. The Kier molecular flexibility index (Phi) is 6.03. The number of amides is 2. The second-order valence-electron chi connectivity index (χ2n) is 5.51. The first-order chi connectivity index (χ1) is 11.1. The maximum absolute atomic E-state index is 12.3. The zero-order valence-corrected chi connectivity index (χ0v) is 14.0. The minimum absolute atomic E-state index is 0.0218. The van der Waals surface area contributed by atoms with E-state index in [1.54, 1.807) is 11.9 Å². The molecule has 0 saturated carbocycles. The third kappa shape index (κ3) is 5.02. The first kappa shape index (κ1) is 16.9. The van der Waals surface area contributed by atoms with Crippen LogP contribution in [0.5, 0.6) is 5.75 Å². The number of nitrogens with zero attached hydrogens (tertiary/aromatic N) is 1. The van der Waals surface area contributed by atoms with E-state index in [-0.39, 0.29) is 12.1 Å². The molecular formula is C19H24N2O2. The third-order valence-electron chi connectivity index (χ3n) is 3.64. The van der Waals surface area contributed by atoms with Crippen molar-refractivity contribution in [3.05, 3.63) is 65.7 Å². The Bertz CT molecular complexity index is 611. The fourth-order valence-electron chi connectivity index (χ4n) is 2.32. The van der Waals surface area contributed by atoms with Crippen LogP contribution in [0.15, 0.2) is 54.6 Å². The summed E-state index contributed by atoms with van der Waals surface area (Å²) in [6, 6.07) is 17.6. The zero-order valence-electron chi connectivity index (χ0n) is 14.0. The van der Waals surface area contributed by atoms with Gasteiger partial charge in [-0.1, -0.05) is 42.5 Å². The molecule has 122 valence electrons. The highest BCUT2D eigenvalue weighted by Gasteiger charge is 2.13. The summed E-state index contributed by atoms with van der Waals surface area (Å²) in [5, 5.41) is 3.01. The van der Waals surface area contributed by atoms with Crippen molar-refractivity contribution in [2.75, 3.05) is 13.7 Å². The summed E-state index contributed by atoms with van der Waals surface area (Å²) >= 11 is 0. The minimum Gasteiger partial charge on any atom is -0.494 e. The predicted molar refractivity (Wildman–Crippen MR) is 92.5 cm³/mol. The van der Waals surface area contributed by atoms with E-state index >= 15 is 0 Å². The Morgan fingerprint density at radius 2 is 1.78 bits per heavy atom. The van der Waals surface area contributed by atoms with Gasteiger partial charge >= 0.3 is 6.03 Å². The van der Waals surface area contributed by atoms with Crippen LogP contribution in [0.1, 0.15) is 31.0 Å². The van der Waals surface area contributed by atoms with Crippen molar-refractivity contribution >= 4 is 6.03 Å². The van der Waals surface area contributed by atoms with Gasteiger partial charge in [0.2, 0.25) is 0 Å². The molecule has 0 aromatic heterocycles. The molecule has 2 aromatic carbocycles. The van der Waals surface area contributed by atoms with E-state index < -0.39 is 0 Å². The SMILES string of the molecule is CCOc1ccc(CN(C)C(=O)NC(C)c2ccccc2)cc1. The van der Waals surface area contributed by atoms with Gasteiger partial charge in [0.15, 0.2) is 0 Å². The van der Waals surface area contributed by atoms with Crippen LogP contribution in [-0.4, -0.2) is 24.6 Å². The van der Waals surface area contributed by atoms with Crippen LogP contribution in [0, 0.1) is 0 Å². The Balaban J connectivity index is 1.89. The topological polar surface area (TPSA) is 41.6 Å². The number of hydrogen-bond donors (Lipinski definition) is 1. The maximum Gasteiger partial charge on any atom is 0.317 e. The molecule has 0 fully saturated rings. The summed E-state index contributed by atoms with van der Waals surface area (Å²) in [4.78, 5) is 14.0. The average molecular weight is 312 g/mol. The van der Waals surface area contributed by atoms with E-state index in [4.69, 9.17) is 4.74 Å². The largest absolute Gasteiger partial charge is 0.494 e. The first-order valence-corrected chi connectivity index (χ1v) is 7.88. The Hall–Kier alpha value is -2.49. The normalized spacial score (nSPS) is 11.6. The molecule has 4 nitrogen and oxygen atoms in total. The number of benzene rings is 2. The van der Waals surface area contributed by atoms with E-state index in [1.807, 2.05) is 68.4 Å². The number of carbonyl (C=O) groups excluding carboxylic acids is 1. The van der Waals surface area contributed by atoms with Crippen LogP contribution in [0.4, 0.5) is 4.79 Å². The molecule has 23 heavy (non-hydrogen) atoms. The van der Waals surface area contributed by atoms with Gasteiger partial charge in [-0.25, -0.2) is 4.79 Å². The molecule has 0 radical (unpaired) electrons. The molecule has 2 aromatic rings. The van der Waals surface area contributed by atoms with Gasteiger partial charge in [0.05, 0.1) is 12.6 Å². The van der Waals surface area contributed by atoms with Crippen molar-refractivity contribution in [3.63, 3.8) is 0 Å². The fraction of sp³-hybridized carbons (Fsp3) is 0.316. The number of hydrogen-bond acceptors (Lipinski definition) is 2. The van der Waals surface area contributed by atoms with E-state index in [2.05, 4.69) is 5.32 Å². The quantitative estimate of drug-likeness (QED) is 0.876. The zero-order chi connectivity index (χ0) is 16.7. The molecule has 4 heteroatoms. The van der Waals surface area contributed by atoms with Crippen molar-refractivity contribution < 1.29 is 9.53 Å². The van der Waals surface area contributed by atoms with Gasteiger partial charge in [-0.3, -0.25) is 0 Å². The fourth-order valence-corrected chi connectivity index (χ4v) is 2.32. The number of ether oxygens (including phenoxy) is 1. The molecule has 0 heterocycles. The monoisotopic (exact) mass is 312 g/mol. The summed E-state index contributed by atoms with van der Waals surface area (Å²) in [5.74, 6) is 0.848. The van der Waals surface area contributed by atoms with Crippen molar-refractivity contribution in [1.29, 1.82) is 0 Å². The first-order valence-electron chi connectivity index (χ1n) is 7.88. The van der Waals surface area contributed by atoms with Crippen molar-refractivity contribution in [2.45, 2.75) is 26.4 Å². The maximum atomic E-state index is 12.3. The molecule has 0 bridgehead atoms. The lowest BCUT2D eigenvalue weighted by Gasteiger charge is -2.22. The van der Waals surface area contributed by atoms with Gasteiger partial charge in [-0.2, -0.15) is 0 Å². The van der Waals surface area contributed by atoms with Crippen molar-refractivity contribution in [2.24, 2.45) is 0 Å². The van der Waals surface area contributed by atoms with Gasteiger partial charge in [0.1, 0.15) is 5.75 Å². The van der Waals surface area contributed by atoms with E-state index in [0.717, 1.165) is 16.9 Å². The molecule has 0 aliphatic carbocycles. The Labute approximate surface area is 138 Å². The molecule has 2 amide bonds. The van der Waals surface area contributed by atoms with Gasteiger partial charge in [-0.15, -0.1) is 0 Å². The summed E-state index contributed by atoms with van der Waals surface area (Å²) in [5.41, 5.74) is 2.16. The smallest absolute Gasteiger partial charge is 0.317 e. The number of carbonyl (C=O) groups is 1. The molecule has 1 unspecified atom stereocenters. The standard InChI is InChI=1S/C19H24N2O2/c1-4-23-18-12-10-16(11-13-18)14-21(3)19(22)20-15(2)17-8-6-5-7-9-17/h5-13,15H,4,14H2,1-3H3,(H,20,22). The lowest BCUT2D eigenvalue weighted by atomic mass is 10.1. The number of rotatable bonds is 6. The molecule has 0 aliphatic rings. The summed E-state index contributed by atoms with van der Waals surface area (Å²) in [6.45, 7) is 5.15. The predicted octanol–water partition coefficient (Wildman–Crippen LogP) is 3.99. The highest BCUT2D eigenvalue weighted by molar-refractivity contribution is 5.74. The molecule has 2 rings (SSSR count). The van der Waals surface area contributed by atoms with E-state index in [0.29, 0.717) is 13.2 Å². The van der Waals surface area contributed by atoms with Crippen molar-refractivity contribution in [3.8, 4) is 5.75 Å². The average Bonchev–Trinajstić information content (AvgIpc) is 2.57. The van der Waals surface area contributed by atoms with Crippen LogP contribution >= 0.6 is 0 Å². The van der Waals surface area contributed by atoms with Crippen LogP contribution < -0.4 is 10.1 Å². The lowest BCUT2D eigenvalue weighted by molar-refractivity contribution is 0.203. The van der Waals surface area contributed by atoms with Gasteiger partial charge < -0.3 is 15.0 Å². The Morgan fingerprint density at radius 1 is 1.13 bits per heavy atom. The van der Waals surface area contributed by atoms with Gasteiger partial charge in [-0.05, 0) is 37.1 Å². The van der Waals surface area contributed by atoms with E-state index in [9.17, 15) is 4.79 Å². The molecule has 0 saturated heterocycles. The van der Waals surface area contributed by atoms with Gasteiger partial charge in [0.25, 0.3) is 0 Å². The highest BCUT2D eigenvalue weighted by Crippen LogP contribution is 2.14. The summed E-state index contributed by atoms with van der Waals surface area (Å²) in [7, 11) is 1.80. The molecular weight excluding hydrogens is 288 g/mol. The van der Waals surface area contributed by atoms with E-state index in [1.165, 1.54) is 0 Å². The summed E-state index contributed by atoms with van der Waals surface area (Å²) < 4.78 is 5.42. The minimum atomic E-state index is -0.0877. The highest BCUT2D eigenvalue weighted by atomic mass is 16.5. The Morgan fingerprint density at radius 3 is 2.39 bits per heavy atom. The second kappa shape index (κ2) is 8.22. The van der Waals surface area contributed by atoms with Crippen LogP contribution in [0.2, 0.25) is 0 Å². The van der Waals surface area contributed by atoms with Crippen molar-refractivity contribution in [1.82, 2.24) is 10.2 Å². The molecule has 1 N–H and O–H groups in total. The molecule has 1 atom stereocenters. The third-order valence-corrected chi connectivity index (χ3v) is 3.64. The lowest BCUT2D eigenvalue weighted by Crippen LogP contribution is -2.38.